The fourth-order valence-electron chi connectivity index (χ4n) is 3.72. The first kappa shape index (κ1) is 11.3. The van der Waals surface area contributed by atoms with Crippen molar-refractivity contribution in [2.75, 3.05) is 0 Å². The summed E-state index contributed by atoms with van der Waals surface area (Å²) < 4.78 is 11.6. The Bertz CT molecular complexity index is 651. The van der Waals surface area contributed by atoms with Gasteiger partial charge in [0.1, 0.15) is 17.6 Å². The van der Waals surface area contributed by atoms with Crippen LogP contribution in [0.4, 0.5) is 0 Å². The lowest BCUT2D eigenvalue weighted by Crippen LogP contribution is -2.15. The first-order valence-electron chi connectivity index (χ1n) is 7.24. The van der Waals surface area contributed by atoms with Crippen molar-refractivity contribution in [1.82, 2.24) is 0 Å². The van der Waals surface area contributed by atoms with Crippen LogP contribution in [-0.2, 0) is 6.42 Å². The van der Waals surface area contributed by atoms with Gasteiger partial charge in [0.25, 0.3) is 0 Å². The van der Waals surface area contributed by atoms with Gasteiger partial charge in [-0.3, -0.25) is 0 Å². The standard InChI is InChI=1S/C16H18O3/c1-8-9(2)18-15-12-7-6-10-4-3-5-11(10)14(12)19-16(17)13(8)15/h8-9H,3-7H2,1-2H3/t8-,9-/m0/s1. The van der Waals surface area contributed by atoms with E-state index in [1.165, 1.54) is 24.0 Å². The van der Waals surface area contributed by atoms with E-state index in [9.17, 15) is 4.79 Å². The fraction of sp³-hybridized carbons (Fsp3) is 0.562. The van der Waals surface area contributed by atoms with E-state index in [4.69, 9.17) is 9.15 Å². The lowest BCUT2D eigenvalue weighted by molar-refractivity contribution is 0.230. The Labute approximate surface area is 112 Å². The van der Waals surface area contributed by atoms with E-state index in [0.29, 0.717) is 0 Å². The van der Waals surface area contributed by atoms with Crippen LogP contribution in [0.25, 0.3) is 5.57 Å². The third kappa shape index (κ3) is 1.41. The van der Waals surface area contributed by atoms with Crippen molar-refractivity contribution >= 4 is 5.57 Å². The molecule has 3 nitrogen and oxygen atoms in total. The zero-order valence-electron chi connectivity index (χ0n) is 11.4. The molecule has 0 fully saturated rings. The van der Waals surface area contributed by atoms with Gasteiger partial charge in [0.2, 0.25) is 0 Å². The summed E-state index contributed by atoms with van der Waals surface area (Å²) in [6, 6.07) is 0. The SMILES string of the molecule is C[C@@H]1Oc2c3c(oc(=O)c2[C@H]1C)C1=C(CCC1)CC3. The Hall–Kier alpha value is -1.51. The molecule has 0 radical (unpaired) electrons. The van der Waals surface area contributed by atoms with E-state index in [2.05, 4.69) is 0 Å². The molecule has 0 bridgehead atoms. The molecule has 0 spiro atoms. The average Bonchev–Trinajstić information content (AvgIpc) is 2.96. The minimum atomic E-state index is -0.189. The highest BCUT2D eigenvalue weighted by Crippen LogP contribution is 2.47. The molecule has 1 aromatic rings. The maximum Gasteiger partial charge on any atom is 0.343 e. The van der Waals surface area contributed by atoms with Gasteiger partial charge in [-0.2, -0.15) is 0 Å². The Kier molecular flexibility index (Phi) is 2.23. The van der Waals surface area contributed by atoms with Gasteiger partial charge in [-0.25, -0.2) is 4.79 Å². The van der Waals surface area contributed by atoms with E-state index in [1.54, 1.807) is 0 Å². The summed E-state index contributed by atoms with van der Waals surface area (Å²) in [5, 5.41) is 0. The van der Waals surface area contributed by atoms with Gasteiger partial charge in [-0.05, 0) is 44.6 Å². The minimum Gasteiger partial charge on any atom is -0.489 e. The third-order valence-electron chi connectivity index (χ3n) is 4.95. The molecule has 4 rings (SSSR count). The maximum absolute atomic E-state index is 12.3. The first-order valence-corrected chi connectivity index (χ1v) is 7.24. The van der Waals surface area contributed by atoms with Gasteiger partial charge in [-0.15, -0.1) is 0 Å². The highest BCUT2D eigenvalue weighted by Gasteiger charge is 2.37. The molecular weight excluding hydrogens is 240 g/mol. The van der Waals surface area contributed by atoms with Gasteiger partial charge in [-0.1, -0.05) is 12.5 Å². The number of hydrogen-bond acceptors (Lipinski definition) is 3. The van der Waals surface area contributed by atoms with Crippen molar-refractivity contribution in [1.29, 1.82) is 0 Å². The Morgan fingerprint density at radius 3 is 2.79 bits per heavy atom. The second-order valence-electron chi connectivity index (χ2n) is 5.99. The fourth-order valence-corrected chi connectivity index (χ4v) is 3.72. The Morgan fingerprint density at radius 1 is 1.11 bits per heavy atom. The van der Waals surface area contributed by atoms with Crippen LogP contribution in [0.15, 0.2) is 14.8 Å². The largest absolute Gasteiger partial charge is 0.489 e. The van der Waals surface area contributed by atoms with Gasteiger partial charge in [0.05, 0.1) is 5.56 Å². The van der Waals surface area contributed by atoms with E-state index in [1.807, 2.05) is 13.8 Å². The lowest BCUT2D eigenvalue weighted by Gasteiger charge is -2.19. The summed E-state index contributed by atoms with van der Waals surface area (Å²) >= 11 is 0. The summed E-state index contributed by atoms with van der Waals surface area (Å²) in [5.41, 5.74) is 4.50. The lowest BCUT2D eigenvalue weighted by atomic mass is 9.89. The van der Waals surface area contributed by atoms with Gasteiger partial charge >= 0.3 is 5.63 Å². The Balaban J connectivity index is 1.98. The van der Waals surface area contributed by atoms with Crippen molar-refractivity contribution in [3.05, 3.63) is 32.9 Å². The average molecular weight is 258 g/mol. The highest BCUT2D eigenvalue weighted by atomic mass is 16.5. The molecule has 0 saturated carbocycles. The van der Waals surface area contributed by atoms with Gasteiger partial charge in [0, 0.05) is 11.5 Å². The molecule has 0 amide bonds. The van der Waals surface area contributed by atoms with E-state index < -0.39 is 0 Å². The van der Waals surface area contributed by atoms with Crippen molar-refractivity contribution in [3.63, 3.8) is 0 Å². The van der Waals surface area contributed by atoms with Crippen molar-refractivity contribution < 1.29 is 9.15 Å². The smallest absolute Gasteiger partial charge is 0.343 e. The number of hydrogen-bond donors (Lipinski definition) is 0. The topological polar surface area (TPSA) is 39.4 Å². The number of fused-ring (bicyclic) bond motifs is 4. The number of allylic oxidation sites excluding steroid dienone is 2. The monoisotopic (exact) mass is 258 g/mol. The zero-order valence-corrected chi connectivity index (χ0v) is 11.4. The quantitative estimate of drug-likeness (QED) is 0.716. The molecule has 0 aromatic carbocycles. The number of ether oxygens (including phenoxy) is 1. The van der Waals surface area contributed by atoms with Crippen LogP contribution in [0.5, 0.6) is 5.75 Å². The van der Waals surface area contributed by atoms with Crippen LogP contribution < -0.4 is 10.4 Å². The summed E-state index contributed by atoms with van der Waals surface area (Å²) in [6.45, 7) is 4.07. The molecule has 19 heavy (non-hydrogen) atoms. The number of rotatable bonds is 0. The van der Waals surface area contributed by atoms with Crippen molar-refractivity contribution in [2.24, 2.45) is 0 Å². The molecule has 0 N–H and O–H groups in total. The molecule has 2 aliphatic carbocycles. The minimum absolute atomic E-state index is 0.0726. The van der Waals surface area contributed by atoms with E-state index in [-0.39, 0.29) is 17.6 Å². The molecule has 3 heteroatoms. The van der Waals surface area contributed by atoms with E-state index >= 15 is 0 Å². The second kappa shape index (κ2) is 3.75. The maximum atomic E-state index is 12.3. The normalized spacial score (nSPS) is 27.9. The summed E-state index contributed by atoms with van der Waals surface area (Å²) in [5.74, 6) is 1.81. The van der Waals surface area contributed by atoms with Gasteiger partial charge in [0.15, 0.2) is 0 Å². The zero-order chi connectivity index (χ0) is 13.1. The van der Waals surface area contributed by atoms with Crippen LogP contribution in [0.2, 0.25) is 0 Å². The Morgan fingerprint density at radius 2 is 1.95 bits per heavy atom. The highest BCUT2D eigenvalue weighted by molar-refractivity contribution is 5.73. The van der Waals surface area contributed by atoms with E-state index in [0.717, 1.165) is 41.9 Å². The van der Waals surface area contributed by atoms with Crippen LogP contribution >= 0.6 is 0 Å². The van der Waals surface area contributed by atoms with Crippen LogP contribution in [-0.4, -0.2) is 6.10 Å². The molecule has 1 aliphatic heterocycles. The summed E-state index contributed by atoms with van der Waals surface area (Å²) in [4.78, 5) is 12.3. The molecular formula is C16H18O3. The molecule has 0 unspecified atom stereocenters. The molecule has 2 heterocycles. The predicted octanol–water partition coefficient (Wildman–Crippen LogP) is 3.41. The summed E-state index contributed by atoms with van der Waals surface area (Å²) in [6.07, 6.45) is 5.55. The van der Waals surface area contributed by atoms with Crippen LogP contribution in [0.1, 0.15) is 62.3 Å². The van der Waals surface area contributed by atoms with Crippen molar-refractivity contribution in [3.8, 4) is 5.75 Å². The summed E-state index contributed by atoms with van der Waals surface area (Å²) in [7, 11) is 0. The van der Waals surface area contributed by atoms with Gasteiger partial charge < -0.3 is 9.15 Å². The second-order valence-corrected chi connectivity index (χ2v) is 5.99. The van der Waals surface area contributed by atoms with Crippen LogP contribution in [0.3, 0.4) is 0 Å². The molecule has 0 saturated heterocycles. The molecule has 2 atom stereocenters. The molecule has 1 aromatic heterocycles. The molecule has 100 valence electrons. The first-order chi connectivity index (χ1) is 9.16. The van der Waals surface area contributed by atoms with Crippen LogP contribution in [0, 0.1) is 0 Å². The van der Waals surface area contributed by atoms with Crippen molar-refractivity contribution in [2.45, 2.75) is 58.0 Å². The third-order valence-corrected chi connectivity index (χ3v) is 4.95. The predicted molar refractivity (Wildman–Crippen MR) is 72.6 cm³/mol. The molecule has 3 aliphatic rings.